The van der Waals surface area contributed by atoms with Crippen molar-refractivity contribution >= 4 is 23.4 Å². The summed E-state index contributed by atoms with van der Waals surface area (Å²) in [6.07, 6.45) is 3.02. The summed E-state index contributed by atoms with van der Waals surface area (Å²) in [6, 6.07) is 7.04. The Hall–Kier alpha value is -1.46. The second kappa shape index (κ2) is 3.80. The van der Waals surface area contributed by atoms with Gasteiger partial charge in [0.05, 0.1) is 6.07 Å². The number of halogens is 1. The van der Waals surface area contributed by atoms with Gasteiger partial charge in [-0.3, -0.25) is 0 Å². The van der Waals surface area contributed by atoms with Gasteiger partial charge in [-0.2, -0.15) is 5.26 Å². The molecule has 0 radical (unpaired) electrons. The van der Waals surface area contributed by atoms with Crippen molar-refractivity contribution in [2.24, 2.45) is 0 Å². The number of allylic oxidation sites excluding steroid dienone is 1. The van der Waals surface area contributed by atoms with Crippen LogP contribution in [0.25, 0.3) is 6.08 Å². The zero-order chi connectivity index (χ0) is 8.97. The van der Waals surface area contributed by atoms with E-state index in [1.165, 1.54) is 6.08 Å². The highest BCUT2D eigenvalue weighted by molar-refractivity contribution is 6.30. The van der Waals surface area contributed by atoms with Crippen molar-refractivity contribution in [2.45, 2.75) is 0 Å². The Morgan fingerprint density at radius 1 is 1.50 bits per heavy atom. The number of hydrogen-bond donors (Lipinski definition) is 1. The van der Waals surface area contributed by atoms with Crippen LogP contribution in [-0.2, 0) is 0 Å². The molecule has 0 fully saturated rings. The summed E-state index contributed by atoms with van der Waals surface area (Å²) >= 11 is 5.68. The van der Waals surface area contributed by atoms with Gasteiger partial charge < -0.3 is 5.73 Å². The van der Waals surface area contributed by atoms with E-state index in [1.807, 2.05) is 6.07 Å². The van der Waals surface area contributed by atoms with Crippen LogP contribution in [0.15, 0.2) is 24.3 Å². The molecular formula is C9H7ClN2. The normalized spacial score (nSPS) is 10.0. The van der Waals surface area contributed by atoms with Crippen molar-refractivity contribution in [2.75, 3.05) is 5.73 Å². The average molecular weight is 179 g/mol. The zero-order valence-corrected chi connectivity index (χ0v) is 7.05. The molecule has 0 atom stereocenters. The lowest BCUT2D eigenvalue weighted by atomic mass is 10.2. The summed E-state index contributed by atoms with van der Waals surface area (Å²) < 4.78 is 0. The van der Waals surface area contributed by atoms with E-state index in [9.17, 15) is 0 Å². The first-order chi connectivity index (χ1) is 5.74. The van der Waals surface area contributed by atoms with E-state index < -0.39 is 0 Å². The van der Waals surface area contributed by atoms with Crippen LogP contribution in [0, 0.1) is 11.3 Å². The molecule has 0 spiro atoms. The number of nitrogens with zero attached hydrogens (tertiary/aromatic N) is 1. The average Bonchev–Trinajstić information content (AvgIpc) is 2.03. The van der Waals surface area contributed by atoms with Gasteiger partial charge in [0.15, 0.2) is 0 Å². The minimum absolute atomic E-state index is 0.578. The van der Waals surface area contributed by atoms with Gasteiger partial charge in [-0.25, -0.2) is 0 Å². The van der Waals surface area contributed by atoms with Gasteiger partial charge in [0, 0.05) is 16.8 Å². The molecule has 0 amide bonds. The highest BCUT2D eigenvalue weighted by atomic mass is 35.5. The number of nitriles is 1. The van der Waals surface area contributed by atoms with E-state index in [2.05, 4.69) is 0 Å². The van der Waals surface area contributed by atoms with Gasteiger partial charge in [0.2, 0.25) is 0 Å². The predicted octanol–water partition coefficient (Wildman–Crippen LogP) is 2.46. The predicted molar refractivity (Wildman–Crippen MR) is 50.5 cm³/mol. The molecule has 0 aliphatic rings. The van der Waals surface area contributed by atoms with Crippen molar-refractivity contribution in [3.8, 4) is 6.07 Å². The first kappa shape index (κ1) is 8.63. The Morgan fingerprint density at radius 2 is 2.25 bits per heavy atom. The van der Waals surface area contributed by atoms with Crippen molar-refractivity contribution in [1.82, 2.24) is 0 Å². The minimum Gasteiger partial charge on any atom is -0.398 e. The van der Waals surface area contributed by atoms with E-state index in [0.29, 0.717) is 10.7 Å². The van der Waals surface area contributed by atoms with Crippen LogP contribution >= 0.6 is 11.6 Å². The number of nitrogens with two attached hydrogens (primary N) is 1. The number of benzene rings is 1. The van der Waals surface area contributed by atoms with Crippen molar-refractivity contribution in [3.63, 3.8) is 0 Å². The summed E-state index contributed by atoms with van der Waals surface area (Å²) in [7, 11) is 0. The number of hydrogen-bond acceptors (Lipinski definition) is 2. The van der Waals surface area contributed by atoms with Crippen LogP contribution < -0.4 is 5.73 Å². The number of nitrogen functional groups attached to an aromatic ring is 1. The van der Waals surface area contributed by atoms with Gasteiger partial charge >= 0.3 is 0 Å². The third-order valence-electron chi connectivity index (χ3n) is 1.39. The molecule has 3 heteroatoms. The topological polar surface area (TPSA) is 49.8 Å². The third kappa shape index (κ3) is 2.01. The molecule has 12 heavy (non-hydrogen) atoms. The molecule has 0 unspecified atom stereocenters. The molecule has 2 nitrogen and oxygen atoms in total. The van der Waals surface area contributed by atoms with E-state index >= 15 is 0 Å². The second-order valence-electron chi connectivity index (χ2n) is 2.24. The fourth-order valence-corrected chi connectivity index (χ4v) is 1.00. The maximum atomic E-state index is 8.27. The van der Waals surface area contributed by atoms with Crippen molar-refractivity contribution in [1.29, 1.82) is 5.26 Å². The van der Waals surface area contributed by atoms with E-state index in [-0.39, 0.29) is 0 Å². The summed E-state index contributed by atoms with van der Waals surface area (Å²) in [5.74, 6) is 0. The Morgan fingerprint density at radius 3 is 2.83 bits per heavy atom. The minimum atomic E-state index is 0.578. The Balaban J connectivity index is 3.03. The highest BCUT2D eigenvalue weighted by Crippen LogP contribution is 2.18. The van der Waals surface area contributed by atoms with E-state index in [4.69, 9.17) is 22.6 Å². The lowest BCUT2D eigenvalue weighted by molar-refractivity contribution is 1.54. The quantitative estimate of drug-likeness (QED) is 0.531. The first-order valence-electron chi connectivity index (χ1n) is 3.35. The lowest BCUT2D eigenvalue weighted by Gasteiger charge is -1.98. The van der Waals surface area contributed by atoms with Crippen molar-refractivity contribution < 1.29 is 0 Å². The summed E-state index contributed by atoms with van der Waals surface area (Å²) in [5, 5.41) is 8.87. The van der Waals surface area contributed by atoms with Crippen LogP contribution in [-0.4, -0.2) is 0 Å². The summed E-state index contributed by atoms with van der Waals surface area (Å²) in [4.78, 5) is 0. The standard InChI is InChI=1S/C9H7ClN2/c10-8-4-3-7(2-1-5-11)9(12)6-8/h1-4,6H,12H2. The zero-order valence-electron chi connectivity index (χ0n) is 6.29. The first-order valence-corrected chi connectivity index (χ1v) is 3.73. The molecular weight excluding hydrogens is 172 g/mol. The largest absolute Gasteiger partial charge is 0.398 e. The fourth-order valence-electron chi connectivity index (χ4n) is 0.824. The maximum absolute atomic E-state index is 8.27. The maximum Gasteiger partial charge on any atom is 0.0912 e. The van der Waals surface area contributed by atoms with Gasteiger partial charge in [-0.15, -0.1) is 0 Å². The molecule has 1 rings (SSSR count). The highest BCUT2D eigenvalue weighted by Gasteiger charge is 1.94. The van der Waals surface area contributed by atoms with Gasteiger partial charge in [0.1, 0.15) is 0 Å². The molecule has 1 aromatic rings. The number of rotatable bonds is 1. The number of anilines is 1. The van der Waals surface area contributed by atoms with Crippen LogP contribution in [0.2, 0.25) is 5.02 Å². The third-order valence-corrected chi connectivity index (χ3v) is 1.62. The Bertz CT molecular complexity index is 350. The molecule has 60 valence electrons. The molecule has 0 saturated carbocycles. The summed E-state index contributed by atoms with van der Waals surface area (Å²) in [5.41, 5.74) is 7.00. The molecule has 2 N–H and O–H groups in total. The monoisotopic (exact) mass is 178 g/mol. The Kier molecular flexibility index (Phi) is 2.73. The molecule has 1 aromatic carbocycles. The molecule has 0 saturated heterocycles. The van der Waals surface area contributed by atoms with Gasteiger partial charge in [-0.1, -0.05) is 17.7 Å². The molecule has 0 bridgehead atoms. The lowest BCUT2D eigenvalue weighted by Crippen LogP contribution is -1.87. The van der Waals surface area contributed by atoms with E-state index in [1.54, 1.807) is 24.3 Å². The van der Waals surface area contributed by atoms with Crippen LogP contribution in [0.5, 0.6) is 0 Å². The summed E-state index contributed by atoms with van der Waals surface area (Å²) in [6.45, 7) is 0. The molecule has 0 aliphatic heterocycles. The SMILES string of the molecule is N#CC=Cc1ccc(Cl)cc1N. The second-order valence-corrected chi connectivity index (χ2v) is 2.67. The molecule has 0 aromatic heterocycles. The van der Waals surface area contributed by atoms with Crippen LogP contribution in [0.1, 0.15) is 5.56 Å². The van der Waals surface area contributed by atoms with Gasteiger partial charge in [0.25, 0.3) is 0 Å². The molecule has 0 aliphatic carbocycles. The van der Waals surface area contributed by atoms with Gasteiger partial charge in [-0.05, 0) is 23.8 Å². The van der Waals surface area contributed by atoms with Crippen LogP contribution in [0.4, 0.5) is 5.69 Å². The Labute approximate surface area is 75.9 Å². The molecule has 0 heterocycles. The smallest absolute Gasteiger partial charge is 0.0912 e. The van der Waals surface area contributed by atoms with Crippen LogP contribution in [0.3, 0.4) is 0 Å². The van der Waals surface area contributed by atoms with Crippen molar-refractivity contribution in [3.05, 3.63) is 34.9 Å². The fraction of sp³-hybridized carbons (Fsp3) is 0. The van der Waals surface area contributed by atoms with E-state index in [0.717, 1.165) is 5.56 Å².